The van der Waals surface area contributed by atoms with Crippen molar-refractivity contribution in [2.24, 2.45) is 0 Å². The number of amides is 1. The summed E-state index contributed by atoms with van der Waals surface area (Å²) in [6.45, 7) is 6.71. The molecule has 2 N–H and O–H groups in total. The topological polar surface area (TPSA) is 71.0 Å². The van der Waals surface area contributed by atoms with Gasteiger partial charge in [0, 0.05) is 33.1 Å². The molecule has 2 rings (SSSR count). The Kier molecular flexibility index (Phi) is 4.69. The van der Waals surface area contributed by atoms with E-state index in [-0.39, 0.29) is 24.2 Å². The highest BCUT2D eigenvalue weighted by atomic mass is 16.6. The van der Waals surface area contributed by atoms with Crippen LogP contribution < -0.4 is 5.32 Å². The average molecular weight is 286 g/mol. The number of hydrogen-bond donors (Lipinski definition) is 2. The molecule has 0 aliphatic carbocycles. The van der Waals surface area contributed by atoms with Crippen LogP contribution in [-0.2, 0) is 14.3 Å². The molecular formula is C14H26N2O4. The molecule has 2 fully saturated rings. The second-order valence-electron chi connectivity index (χ2n) is 6.58. The standard InChI is InChI=1S/C14H26N2O4/c1-13(2,18)9-16-5-4-14(10-16)6-11(7-20-14)19-8-12(17)15-3/h11,18H,4-10H2,1-3H3,(H,15,17)/t11-,14-/m1/s1. The van der Waals surface area contributed by atoms with E-state index in [1.807, 2.05) is 13.8 Å². The summed E-state index contributed by atoms with van der Waals surface area (Å²) in [7, 11) is 1.60. The first-order chi connectivity index (χ1) is 9.32. The zero-order valence-electron chi connectivity index (χ0n) is 12.6. The maximum atomic E-state index is 11.2. The third-order valence-corrected chi connectivity index (χ3v) is 3.91. The molecule has 1 spiro atoms. The summed E-state index contributed by atoms with van der Waals surface area (Å²) >= 11 is 0. The summed E-state index contributed by atoms with van der Waals surface area (Å²) in [5.41, 5.74) is -0.835. The highest BCUT2D eigenvalue weighted by molar-refractivity contribution is 5.76. The van der Waals surface area contributed by atoms with Crippen LogP contribution in [-0.4, -0.2) is 73.1 Å². The van der Waals surface area contributed by atoms with Gasteiger partial charge in [0.25, 0.3) is 0 Å². The quantitative estimate of drug-likeness (QED) is 0.729. The SMILES string of the molecule is CNC(=O)CO[C@H]1CO[C@]2(CCN(CC(C)(C)O)C2)C1. The van der Waals surface area contributed by atoms with Gasteiger partial charge in [-0.2, -0.15) is 0 Å². The Bertz CT molecular complexity index is 356. The number of likely N-dealkylation sites (N-methyl/N-ethyl adjacent to an activating group) is 1. The van der Waals surface area contributed by atoms with Gasteiger partial charge in [-0.05, 0) is 20.3 Å². The van der Waals surface area contributed by atoms with Crippen molar-refractivity contribution in [3.63, 3.8) is 0 Å². The number of hydrogen-bond acceptors (Lipinski definition) is 5. The first kappa shape index (κ1) is 15.7. The van der Waals surface area contributed by atoms with E-state index in [0.717, 1.165) is 25.9 Å². The lowest BCUT2D eigenvalue weighted by atomic mass is 9.98. The highest BCUT2D eigenvalue weighted by Crippen LogP contribution is 2.36. The third kappa shape index (κ3) is 4.15. The van der Waals surface area contributed by atoms with Gasteiger partial charge in [0.2, 0.25) is 5.91 Å². The predicted octanol–water partition coefficient (Wildman–Crippen LogP) is -0.247. The molecule has 0 aromatic heterocycles. The minimum Gasteiger partial charge on any atom is -0.389 e. The molecule has 20 heavy (non-hydrogen) atoms. The minimum atomic E-state index is -0.681. The largest absolute Gasteiger partial charge is 0.389 e. The second kappa shape index (κ2) is 5.97. The molecule has 0 aromatic carbocycles. The van der Waals surface area contributed by atoms with Crippen LogP contribution in [0.4, 0.5) is 0 Å². The van der Waals surface area contributed by atoms with Crippen LogP contribution in [0.3, 0.4) is 0 Å². The monoisotopic (exact) mass is 286 g/mol. The fourth-order valence-electron chi connectivity index (χ4n) is 3.07. The van der Waals surface area contributed by atoms with E-state index in [2.05, 4.69) is 10.2 Å². The molecule has 0 aromatic rings. The number of nitrogens with zero attached hydrogens (tertiary/aromatic N) is 1. The number of ether oxygens (including phenoxy) is 2. The van der Waals surface area contributed by atoms with Gasteiger partial charge in [0.15, 0.2) is 0 Å². The van der Waals surface area contributed by atoms with Crippen molar-refractivity contribution in [2.75, 3.05) is 39.9 Å². The molecule has 2 atom stereocenters. The Morgan fingerprint density at radius 3 is 3.00 bits per heavy atom. The number of β-amino-alcohol motifs (C(OH)–C–C–N with tert-alkyl or cyclic N) is 1. The van der Waals surface area contributed by atoms with E-state index in [0.29, 0.717) is 13.2 Å². The van der Waals surface area contributed by atoms with Gasteiger partial charge in [0.1, 0.15) is 6.61 Å². The minimum absolute atomic E-state index is 0.00520. The lowest BCUT2D eigenvalue weighted by molar-refractivity contribution is -0.127. The molecule has 2 aliphatic heterocycles. The smallest absolute Gasteiger partial charge is 0.245 e. The van der Waals surface area contributed by atoms with Crippen LogP contribution in [0.25, 0.3) is 0 Å². The van der Waals surface area contributed by atoms with Crippen LogP contribution >= 0.6 is 0 Å². The van der Waals surface area contributed by atoms with Crippen molar-refractivity contribution < 1.29 is 19.4 Å². The summed E-state index contributed by atoms with van der Waals surface area (Å²) in [6, 6.07) is 0. The maximum Gasteiger partial charge on any atom is 0.245 e. The summed E-state index contributed by atoms with van der Waals surface area (Å²) in [5, 5.41) is 12.4. The fraction of sp³-hybridized carbons (Fsp3) is 0.929. The van der Waals surface area contributed by atoms with Gasteiger partial charge in [-0.1, -0.05) is 0 Å². The van der Waals surface area contributed by atoms with E-state index in [9.17, 15) is 9.90 Å². The first-order valence-electron chi connectivity index (χ1n) is 7.23. The molecule has 0 radical (unpaired) electrons. The van der Waals surface area contributed by atoms with Crippen LogP contribution in [0, 0.1) is 0 Å². The van der Waals surface area contributed by atoms with E-state index >= 15 is 0 Å². The average Bonchev–Trinajstić information content (AvgIpc) is 2.92. The molecule has 0 unspecified atom stereocenters. The number of likely N-dealkylation sites (tertiary alicyclic amines) is 1. The van der Waals surface area contributed by atoms with Gasteiger partial charge in [-0.25, -0.2) is 0 Å². The molecular weight excluding hydrogens is 260 g/mol. The molecule has 6 heteroatoms. The van der Waals surface area contributed by atoms with Gasteiger partial charge in [-0.3, -0.25) is 9.69 Å². The normalized spacial score (nSPS) is 31.1. The Morgan fingerprint density at radius 2 is 2.35 bits per heavy atom. The zero-order chi connectivity index (χ0) is 14.8. The fourth-order valence-corrected chi connectivity index (χ4v) is 3.07. The number of carbonyl (C=O) groups is 1. The van der Waals surface area contributed by atoms with Crippen molar-refractivity contribution in [2.45, 2.75) is 44.0 Å². The van der Waals surface area contributed by atoms with E-state index in [4.69, 9.17) is 9.47 Å². The van der Waals surface area contributed by atoms with Gasteiger partial charge in [0.05, 0.1) is 23.9 Å². The van der Waals surface area contributed by atoms with Crippen LogP contribution in [0.5, 0.6) is 0 Å². The second-order valence-corrected chi connectivity index (χ2v) is 6.58. The predicted molar refractivity (Wildman–Crippen MR) is 74.5 cm³/mol. The van der Waals surface area contributed by atoms with E-state index in [1.54, 1.807) is 7.05 Å². The molecule has 0 bridgehead atoms. The van der Waals surface area contributed by atoms with Crippen LogP contribution in [0.1, 0.15) is 26.7 Å². The van der Waals surface area contributed by atoms with E-state index in [1.165, 1.54) is 0 Å². The van der Waals surface area contributed by atoms with Crippen LogP contribution in [0.2, 0.25) is 0 Å². The number of rotatable bonds is 5. The Balaban J connectivity index is 1.79. The lowest BCUT2D eigenvalue weighted by Crippen LogP contribution is -2.40. The highest BCUT2D eigenvalue weighted by Gasteiger charge is 2.46. The van der Waals surface area contributed by atoms with Gasteiger partial charge < -0.3 is 19.9 Å². The first-order valence-corrected chi connectivity index (χ1v) is 7.23. The van der Waals surface area contributed by atoms with Crippen molar-refractivity contribution in [1.29, 1.82) is 0 Å². The van der Waals surface area contributed by atoms with Crippen molar-refractivity contribution in [3.05, 3.63) is 0 Å². The summed E-state index contributed by atoms with van der Waals surface area (Å²) in [4.78, 5) is 13.4. The number of carbonyl (C=O) groups excluding carboxylic acids is 1. The summed E-state index contributed by atoms with van der Waals surface area (Å²) < 4.78 is 11.5. The number of nitrogens with one attached hydrogen (secondary N) is 1. The van der Waals surface area contributed by atoms with Crippen LogP contribution in [0.15, 0.2) is 0 Å². The zero-order valence-corrected chi connectivity index (χ0v) is 12.6. The lowest BCUT2D eigenvalue weighted by Gasteiger charge is -2.27. The van der Waals surface area contributed by atoms with Crippen molar-refractivity contribution in [3.8, 4) is 0 Å². The molecule has 2 aliphatic rings. The van der Waals surface area contributed by atoms with Gasteiger partial charge in [-0.15, -0.1) is 0 Å². The molecule has 2 heterocycles. The molecule has 0 saturated carbocycles. The Morgan fingerprint density at radius 1 is 1.60 bits per heavy atom. The summed E-state index contributed by atoms with van der Waals surface area (Å²) in [5.74, 6) is -0.110. The molecule has 2 saturated heterocycles. The van der Waals surface area contributed by atoms with Crippen molar-refractivity contribution in [1.82, 2.24) is 10.2 Å². The van der Waals surface area contributed by atoms with Gasteiger partial charge >= 0.3 is 0 Å². The third-order valence-electron chi connectivity index (χ3n) is 3.91. The van der Waals surface area contributed by atoms with E-state index < -0.39 is 5.60 Å². The number of aliphatic hydroxyl groups is 1. The molecule has 1 amide bonds. The maximum absolute atomic E-state index is 11.2. The molecule has 6 nitrogen and oxygen atoms in total. The Labute approximate surface area is 120 Å². The van der Waals surface area contributed by atoms with Crippen molar-refractivity contribution >= 4 is 5.91 Å². The molecule has 116 valence electrons. The Hall–Kier alpha value is -0.690. The summed E-state index contributed by atoms with van der Waals surface area (Å²) in [6.07, 6.45) is 1.78.